The molecule has 2 rings (SSSR count). The molecule has 2 atom stereocenters. The van der Waals surface area contributed by atoms with E-state index in [2.05, 4.69) is 21.2 Å². The van der Waals surface area contributed by atoms with Crippen LogP contribution in [0.25, 0.3) is 0 Å². The minimum absolute atomic E-state index is 0.0538. The molecule has 1 aliphatic rings. The van der Waals surface area contributed by atoms with Crippen LogP contribution < -0.4 is 5.32 Å². The zero-order valence-corrected chi connectivity index (χ0v) is 12.2. The summed E-state index contributed by atoms with van der Waals surface area (Å²) in [7, 11) is 0. The molecule has 2 unspecified atom stereocenters. The number of phenolic OH excluding ortho intramolecular Hbond substituents is 2. The van der Waals surface area contributed by atoms with E-state index >= 15 is 0 Å². The molecule has 0 aliphatic heterocycles. The Bertz CT molecular complexity index is 464. The van der Waals surface area contributed by atoms with E-state index < -0.39 is 0 Å². The molecule has 0 spiro atoms. The van der Waals surface area contributed by atoms with Gasteiger partial charge in [-0.2, -0.15) is 0 Å². The van der Waals surface area contributed by atoms with Crippen LogP contribution in [0.4, 0.5) is 0 Å². The predicted octanol–water partition coefficient (Wildman–Crippen LogP) is 2.78. The summed E-state index contributed by atoms with van der Waals surface area (Å²) in [4.78, 5) is 12.4. The number of halogens is 1. The van der Waals surface area contributed by atoms with E-state index in [1.54, 1.807) is 0 Å². The average Bonchev–Trinajstić information content (AvgIpc) is 2.37. The molecular formula is C14H18BrNO3. The van der Waals surface area contributed by atoms with Crippen molar-refractivity contribution < 1.29 is 15.0 Å². The minimum Gasteiger partial charge on any atom is -0.508 e. The molecule has 0 heterocycles. The van der Waals surface area contributed by atoms with E-state index in [4.69, 9.17) is 0 Å². The Morgan fingerprint density at radius 3 is 2.74 bits per heavy atom. The van der Waals surface area contributed by atoms with E-state index in [1.807, 2.05) is 0 Å². The largest absolute Gasteiger partial charge is 0.508 e. The second-order valence-electron chi connectivity index (χ2n) is 4.97. The van der Waals surface area contributed by atoms with Crippen molar-refractivity contribution in [2.45, 2.75) is 30.5 Å². The Balaban J connectivity index is 1.93. The van der Waals surface area contributed by atoms with E-state index in [-0.39, 0.29) is 23.0 Å². The van der Waals surface area contributed by atoms with Gasteiger partial charge in [0.25, 0.3) is 5.91 Å². The molecule has 1 aromatic rings. The third kappa shape index (κ3) is 3.62. The number of amides is 1. The fraction of sp³-hybridized carbons (Fsp3) is 0.500. The van der Waals surface area contributed by atoms with Gasteiger partial charge in [0.2, 0.25) is 0 Å². The monoisotopic (exact) mass is 327 g/mol. The SMILES string of the molecule is O=C(NCC1CCCCC1Br)c1ccc(O)cc1O. The van der Waals surface area contributed by atoms with Gasteiger partial charge >= 0.3 is 0 Å². The van der Waals surface area contributed by atoms with E-state index in [0.29, 0.717) is 17.3 Å². The number of rotatable bonds is 3. The van der Waals surface area contributed by atoms with Gasteiger partial charge in [0.15, 0.2) is 0 Å². The Kier molecular flexibility index (Phi) is 4.69. The van der Waals surface area contributed by atoms with Crippen LogP contribution in [0.2, 0.25) is 0 Å². The Hall–Kier alpha value is -1.23. The summed E-state index contributed by atoms with van der Waals surface area (Å²) in [5, 5.41) is 21.7. The summed E-state index contributed by atoms with van der Waals surface area (Å²) in [5.74, 6) is -0.113. The summed E-state index contributed by atoms with van der Waals surface area (Å²) in [6, 6.07) is 3.98. The molecule has 19 heavy (non-hydrogen) atoms. The molecule has 1 aliphatic carbocycles. The van der Waals surface area contributed by atoms with Crippen LogP contribution in [0.1, 0.15) is 36.0 Å². The number of phenols is 2. The van der Waals surface area contributed by atoms with E-state index in [0.717, 1.165) is 12.8 Å². The maximum Gasteiger partial charge on any atom is 0.255 e. The smallest absolute Gasteiger partial charge is 0.255 e. The molecule has 0 aromatic heterocycles. The van der Waals surface area contributed by atoms with Crippen molar-refractivity contribution in [2.75, 3.05) is 6.54 Å². The first-order valence-corrected chi connectivity index (χ1v) is 7.43. The summed E-state index contributed by atoms with van der Waals surface area (Å²) < 4.78 is 0. The van der Waals surface area contributed by atoms with Crippen LogP contribution in [-0.2, 0) is 0 Å². The average molecular weight is 328 g/mol. The lowest BCUT2D eigenvalue weighted by Gasteiger charge is -2.27. The maximum absolute atomic E-state index is 12.0. The van der Waals surface area contributed by atoms with Gasteiger partial charge in [-0.3, -0.25) is 4.79 Å². The van der Waals surface area contributed by atoms with Crippen LogP contribution >= 0.6 is 15.9 Å². The molecule has 4 nitrogen and oxygen atoms in total. The molecule has 5 heteroatoms. The standard InChI is InChI=1S/C14H18BrNO3/c15-12-4-2-1-3-9(12)8-16-14(19)11-6-5-10(17)7-13(11)18/h5-7,9,12,17-18H,1-4,8H2,(H,16,19). The summed E-state index contributed by atoms with van der Waals surface area (Å²) in [5.41, 5.74) is 0.194. The molecule has 1 amide bonds. The van der Waals surface area contributed by atoms with Gasteiger partial charge in [0, 0.05) is 17.4 Å². The van der Waals surface area contributed by atoms with Gasteiger partial charge in [-0.1, -0.05) is 28.8 Å². The first-order valence-electron chi connectivity index (χ1n) is 6.52. The highest BCUT2D eigenvalue weighted by Crippen LogP contribution is 2.29. The third-order valence-electron chi connectivity index (χ3n) is 3.57. The van der Waals surface area contributed by atoms with Crippen molar-refractivity contribution >= 4 is 21.8 Å². The highest BCUT2D eigenvalue weighted by Gasteiger charge is 2.23. The number of nitrogens with one attached hydrogen (secondary N) is 1. The second-order valence-corrected chi connectivity index (χ2v) is 6.15. The van der Waals surface area contributed by atoms with Crippen LogP contribution in [0, 0.1) is 5.92 Å². The molecule has 3 N–H and O–H groups in total. The van der Waals surface area contributed by atoms with Gasteiger partial charge in [0.05, 0.1) is 5.56 Å². The molecule has 1 aromatic carbocycles. The van der Waals surface area contributed by atoms with Crippen LogP contribution in [0.5, 0.6) is 11.5 Å². The number of hydrogen-bond acceptors (Lipinski definition) is 3. The number of hydrogen-bond donors (Lipinski definition) is 3. The fourth-order valence-corrected chi connectivity index (χ4v) is 3.20. The van der Waals surface area contributed by atoms with Crippen molar-refractivity contribution in [1.29, 1.82) is 0 Å². The fourth-order valence-electron chi connectivity index (χ4n) is 2.42. The van der Waals surface area contributed by atoms with Crippen LogP contribution in [-0.4, -0.2) is 27.5 Å². The molecular weight excluding hydrogens is 310 g/mol. The van der Waals surface area contributed by atoms with Crippen molar-refractivity contribution in [3.05, 3.63) is 23.8 Å². The Labute approximate surface area is 121 Å². The highest BCUT2D eigenvalue weighted by molar-refractivity contribution is 9.09. The first kappa shape index (κ1) is 14.2. The molecule has 0 bridgehead atoms. The van der Waals surface area contributed by atoms with Gasteiger partial charge in [0.1, 0.15) is 11.5 Å². The van der Waals surface area contributed by atoms with E-state index in [1.165, 1.54) is 31.0 Å². The van der Waals surface area contributed by atoms with E-state index in [9.17, 15) is 15.0 Å². The van der Waals surface area contributed by atoms with Gasteiger partial charge in [-0.25, -0.2) is 0 Å². The third-order valence-corrected chi connectivity index (χ3v) is 4.77. The Morgan fingerprint density at radius 2 is 2.05 bits per heavy atom. The van der Waals surface area contributed by atoms with Crippen molar-refractivity contribution in [2.24, 2.45) is 5.92 Å². The highest BCUT2D eigenvalue weighted by atomic mass is 79.9. The number of carbonyl (C=O) groups excluding carboxylic acids is 1. The number of carbonyl (C=O) groups is 1. The zero-order valence-electron chi connectivity index (χ0n) is 10.6. The van der Waals surface area contributed by atoms with Crippen LogP contribution in [0.15, 0.2) is 18.2 Å². The van der Waals surface area contributed by atoms with Crippen molar-refractivity contribution in [3.8, 4) is 11.5 Å². The van der Waals surface area contributed by atoms with Crippen LogP contribution in [0.3, 0.4) is 0 Å². The molecule has 0 radical (unpaired) electrons. The van der Waals surface area contributed by atoms with Crippen molar-refractivity contribution in [3.63, 3.8) is 0 Å². The predicted molar refractivity (Wildman–Crippen MR) is 76.8 cm³/mol. The van der Waals surface area contributed by atoms with Gasteiger partial charge in [-0.15, -0.1) is 0 Å². The lowest BCUT2D eigenvalue weighted by Crippen LogP contribution is -2.34. The number of benzene rings is 1. The molecule has 0 saturated heterocycles. The summed E-state index contributed by atoms with van der Waals surface area (Å²) in [6.45, 7) is 0.606. The lowest BCUT2D eigenvalue weighted by molar-refractivity contribution is 0.0942. The van der Waals surface area contributed by atoms with Crippen molar-refractivity contribution in [1.82, 2.24) is 5.32 Å². The first-order chi connectivity index (χ1) is 9.08. The van der Waals surface area contributed by atoms with Gasteiger partial charge < -0.3 is 15.5 Å². The number of alkyl halides is 1. The quantitative estimate of drug-likeness (QED) is 0.747. The maximum atomic E-state index is 12.0. The summed E-state index contributed by atoms with van der Waals surface area (Å²) in [6.07, 6.45) is 4.69. The summed E-state index contributed by atoms with van der Waals surface area (Å²) >= 11 is 3.65. The minimum atomic E-state index is -0.303. The van der Waals surface area contributed by atoms with Gasteiger partial charge in [-0.05, 0) is 30.9 Å². The normalized spacial score (nSPS) is 23.0. The molecule has 1 saturated carbocycles. The number of aromatic hydroxyl groups is 2. The zero-order chi connectivity index (χ0) is 13.8. The second kappa shape index (κ2) is 6.28. The topological polar surface area (TPSA) is 69.6 Å². The Morgan fingerprint density at radius 1 is 1.32 bits per heavy atom. The lowest BCUT2D eigenvalue weighted by atomic mass is 9.89. The molecule has 1 fully saturated rings. The molecule has 104 valence electrons.